The predicted molar refractivity (Wildman–Crippen MR) is 117 cm³/mol. The number of halogens is 1. The molecule has 0 spiro atoms. The fourth-order valence-electron chi connectivity index (χ4n) is 2.92. The zero-order valence-electron chi connectivity index (χ0n) is 17.3. The van der Waals surface area contributed by atoms with Crippen LogP contribution in [0.3, 0.4) is 0 Å². The molecule has 164 valence electrons. The van der Waals surface area contributed by atoms with Crippen LogP contribution < -0.4 is 5.73 Å². The SMILES string of the molecule is [B]C([B])(c1ccc(F)cc1)S(=O)(=O)OC1=C(N)O[C@]([B])(c2ccc(C(=O)OCC)cc2)C1=O. The number of Topliss-reactive ketones (excluding diaryl/α,β-unsaturated/α-hetero) is 1. The maximum atomic E-state index is 13.2. The highest BCUT2D eigenvalue weighted by Crippen LogP contribution is 2.38. The van der Waals surface area contributed by atoms with Gasteiger partial charge < -0.3 is 19.4 Å². The second-order valence-electron chi connectivity index (χ2n) is 7.00. The number of rotatable bonds is 7. The Bertz CT molecular complexity index is 1230. The molecule has 1 heterocycles. The van der Waals surface area contributed by atoms with Crippen LogP contribution in [0.15, 0.2) is 60.2 Å². The van der Waals surface area contributed by atoms with E-state index in [9.17, 15) is 22.4 Å². The number of carbonyl (C=O) groups is 2. The molecule has 8 nitrogen and oxygen atoms in total. The summed E-state index contributed by atoms with van der Waals surface area (Å²) in [7, 11) is 12.6. The van der Waals surface area contributed by atoms with Gasteiger partial charge in [-0.2, -0.15) is 8.42 Å². The summed E-state index contributed by atoms with van der Waals surface area (Å²) in [6.07, 6.45) is 0. The molecule has 1 aliphatic heterocycles. The van der Waals surface area contributed by atoms with E-state index < -0.39 is 49.4 Å². The summed E-state index contributed by atoms with van der Waals surface area (Å²) < 4.78 is 51.0. The molecule has 3 rings (SSSR count). The van der Waals surface area contributed by atoms with Gasteiger partial charge in [-0.15, -0.1) is 0 Å². The quantitative estimate of drug-likeness (QED) is 0.358. The van der Waals surface area contributed by atoms with Crippen molar-refractivity contribution in [3.63, 3.8) is 0 Å². The van der Waals surface area contributed by atoms with Crippen LogP contribution >= 0.6 is 0 Å². The molecule has 1 atom stereocenters. The van der Waals surface area contributed by atoms with Gasteiger partial charge in [0.2, 0.25) is 17.4 Å². The fraction of sp³-hybridized carbons (Fsp3) is 0.200. The van der Waals surface area contributed by atoms with E-state index >= 15 is 0 Å². The average molecular weight is 465 g/mol. The van der Waals surface area contributed by atoms with Gasteiger partial charge in [-0.1, -0.05) is 24.3 Å². The Morgan fingerprint density at radius 1 is 1.15 bits per heavy atom. The van der Waals surface area contributed by atoms with Crippen molar-refractivity contribution in [2.24, 2.45) is 5.73 Å². The summed E-state index contributed by atoms with van der Waals surface area (Å²) in [5, 5.41) is 0. The fourth-order valence-corrected chi connectivity index (χ4v) is 3.86. The minimum absolute atomic E-state index is 0.0461. The van der Waals surface area contributed by atoms with Gasteiger partial charge in [0.1, 0.15) is 13.7 Å². The lowest BCUT2D eigenvalue weighted by atomic mass is 9.65. The van der Waals surface area contributed by atoms with Crippen LogP contribution in [-0.4, -0.2) is 50.3 Å². The summed E-state index contributed by atoms with van der Waals surface area (Å²) in [6, 6.07) is 9.27. The standard InChI is InChI=1S/C20H15B3FNO7S/c1-2-30-18(27)11-3-5-12(6-4-11)19(21)16(26)15(17(25)31-19)32-33(28,29)20(22,23)13-7-9-14(24)10-8-13/h3-10H,2,25H2,1H3/t19-/m1/s1. The van der Waals surface area contributed by atoms with Gasteiger partial charge in [0.25, 0.3) is 0 Å². The molecule has 6 radical (unpaired) electrons. The van der Waals surface area contributed by atoms with Gasteiger partial charge in [0.15, 0.2) is 5.50 Å². The maximum absolute atomic E-state index is 13.2. The third kappa shape index (κ3) is 4.37. The second-order valence-corrected chi connectivity index (χ2v) is 8.75. The molecule has 0 saturated heterocycles. The van der Waals surface area contributed by atoms with Crippen LogP contribution in [0, 0.1) is 5.82 Å². The first-order valence-corrected chi connectivity index (χ1v) is 10.8. The van der Waals surface area contributed by atoms with Crippen molar-refractivity contribution < 1.29 is 36.1 Å². The minimum Gasteiger partial charge on any atom is -0.467 e. The molecule has 0 amide bonds. The highest BCUT2D eigenvalue weighted by molar-refractivity contribution is 7.90. The number of hydrogen-bond donors (Lipinski definition) is 1. The zero-order chi connectivity index (χ0) is 24.6. The Morgan fingerprint density at radius 2 is 1.73 bits per heavy atom. The number of ketones is 1. The van der Waals surface area contributed by atoms with Gasteiger partial charge in [0, 0.05) is 0 Å². The number of benzene rings is 2. The molecule has 2 aromatic rings. The second kappa shape index (κ2) is 8.62. The van der Waals surface area contributed by atoms with Crippen molar-refractivity contribution in [3.05, 3.63) is 82.7 Å². The Hall–Kier alpha value is -3.21. The van der Waals surface area contributed by atoms with Crippen LogP contribution in [0.2, 0.25) is 0 Å². The van der Waals surface area contributed by atoms with Crippen LogP contribution in [0.1, 0.15) is 28.4 Å². The summed E-state index contributed by atoms with van der Waals surface area (Å²) in [5.41, 5.74) is 3.44. The predicted octanol–water partition coefficient (Wildman–Crippen LogP) is 0.545. The first-order valence-electron chi connectivity index (χ1n) is 9.41. The third-order valence-electron chi connectivity index (χ3n) is 4.77. The summed E-state index contributed by atoms with van der Waals surface area (Å²) in [4.78, 5) is 24.7. The van der Waals surface area contributed by atoms with E-state index in [1.165, 1.54) is 24.3 Å². The van der Waals surface area contributed by atoms with E-state index in [-0.39, 0.29) is 23.3 Å². The van der Waals surface area contributed by atoms with E-state index in [4.69, 9.17) is 42.9 Å². The van der Waals surface area contributed by atoms with Crippen LogP contribution in [0.4, 0.5) is 4.39 Å². The van der Waals surface area contributed by atoms with Gasteiger partial charge in [-0.05, 0) is 42.3 Å². The van der Waals surface area contributed by atoms with Gasteiger partial charge in [-0.25, -0.2) is 9.18 Å². The number of esters is 1. The molecule has 0 unspecified atom stereocenters. The van der Waals surface area contributed by atoms with Crippen molar-refractivity contribution >= 4 is 45.4 Å². The van der Waals surface area contributed by atoms with Crippen LogP contribution in [0.5, 0.6) is 0 Å². The lowest BCUT2D eigenvalue weighted by Crippen LogP contribution is -2.40. The van der Waals surface area contributed by atoms with E-state index in [0.717, 1.165) is 24.3 Å². The van der Waals surface area contributed by atoms with E-state index in [1.54, 1.807) is 6.92 Å². The summed E-state index contributed by atoms with van der Waals surface area (Å²) >= 11 is 0. The third-order valence-corrected chi connectivity index (χ3v) is 6.21. The van der Waals surface area contributed by atoms with Crippen molar-refractivity contribution in [1.82, 2.24) is 0 Å². The Kier molecular flexibility index (Phi) is 6.38. The van der Waals surface area contributed by atoms with E-state index in [1.807, 2.05) is 0 Å². The smallest absolute Gasteiger partial charge is 0.338 e. The van der Waals surface area contributed by atoms with Crippen molar-refractivity contribution in [2.45, 2.75) is 17.0 Å². The number of carbonyl (C=O) groups excluding carboxylic acids is 2. The number of nitrogens with two attached hydrogens (primary N) is 1. The summed E-state index contributed by atoms with van der Waals surface area (Å²) in [5.74, 6) is -4.04. The molecular formula is C20H15B3FNO7S. The lowest BCUT2D eigenvalue weighted by Gasteiger charge is -2.26. The molecule has 0 saturated carbocycles. The van der Waals surface area contributed by atoms with Crippen molar-refractivity contribution in [1.29, 1.82) is 0 Å². The highest BCUT2D eigenvalue weighted by Gasteiger charge is 2.50. The Morgan fingerprint density at radius 3 is 2.27 bits per heavy atom. The van der Waals surface area contributed by atoms with Crippen molar-refractivity contribution in [3.8, 4) is 0 Å². The van der Waals surface area contributed by atoms with Crippen LogP contribution in [-0.2, 0) is 38.6 Å². The molecule has 13 heteroatoms. The zero-order valence-corrected chi connectivity index (χ0v) is 18.1. The Labute approximate surface area is 193 Å². The van der Waals surface area contributed by atoms with Crippen LogP contribution in [0.25, 0.3) is 0 Å². The van der Waals surface area contributed by atoms with E-state index in [2.05, 4.69) is 0 Å². The van der Waals surface area contributed by atoms with Gasteiger partial charge in [0.05, 0.1) is 32.4 Å². The molecule has 0 bridgehead atoms. The Balaban J connectivity index is 1.87. The lowest BCUT2D eigenvalue weighted by molar-refractivity contribution is -0.126. The average Bonchev–Trinajstić information content (AvgIpc) is 2.98. The number of hydrogen-bond acceptors (Lipinski definition) is 8. The molecular weight excluding hydrogens is 450 g/mol. The highest BCUT2D eigenvalue weighted by atomic mass is 32.2. The summed E-state index contributed by atoms with van der Waals surface area (Å²) in [6.45, 7) is 1.81. The molecule has 0 aromatic heterocycles. The molecule has 2 aromatic carbocycles. The van der Waals surface area contributed by atoms with Gasteiger partial charge >= 0.3 is 16.1 Å². The van der Waals surface area contributed by atoms with Crippen molar-refractivity contribution in [2.75, 3.05) is 6.61 Å². The first kappa shape index (κ1) is 24.4. The minimum atomic E-state index is -4.95. The maximum Gasteiger partial charge on any atom is 0.338 e. The van der Waals surface area contributed by atoms with Gasteiger partial charge in [-0.3, -0.25) is 4.79 Å². The largest absolute Gasteiger partial charge is 0.467 e. The monoisotopic (exact) mass is 465 g/mol. The normalized spacial score (nSPS) is 18.7. The number of ether oxygens (including phenoxy) is 2. The molecule has 1 aliphatic rings. The van der Waals surface area contributed by atoms with E-state index in [0.29, 0.717) is 0 Å². The first-order chi connectivity index (χ1) is 15.3. The topological polar surface area (TPSA) is 122 Å². The molecule has 2 N–H and O–H groups in total. The molecule has 0 fully saturated rings. The molecule has 0 aliphatic carbocycles. The molecule has 33 heavy (non-hydrogen) atoms.